The summed E-state index contributed by atoms with van der Waals surface area (Å²) in [5.74, 6) is -0.192. The molecule has 2 rings (SSSR count). The second-order valence-corrected chi connectivity index (χ2v) is 3.50. The van der Waals surface area contributed by atoms with Crippen LogP contribution in [0.2, 0.25) is 0 Å². The summed E-state index contributed by atoms with van der Waals surface area (Å²) in [4.78, 5) is 15.1. The Hall–Kier alpha value is -1.84. The zero-order valence-corrected chi connectivity index (χ0v) is 8.69. The van der Waals surface area contributed by atoms with E-state index >= 15 is 0 Å². The molecule has 0 aromatic carbocycles. The molecule has 0 spiro atoms. The summed E-state index contributed by atoms with van der Waals surface area (Å²) in [6, 6.07) is 3.69. The molecule has 15 heavy (non-hydrogen) atoms. The number of rotatable bonds is 2. The Bertz CT molecular complexity index is 529. The van der Waals surface area contributed by atoms with Crippen molar-refractivity contribution in [2.75, 3.05) is 0 Å². The molecule has 0 aliphatic carbocycles. The zero-order chi connectivity index (χ0) is 11.0. The van der Waals surface area contributed by atoms with Gasteiger partial charge in [0.25, 0.3) is 0 Å². The summed E-state index contributed by atoms with van der Waals surface area (Å²) in [6.07, 6.45) is 2.63. The van der Waals surface area contributed by atoms with Gasteiger partial charge in [-0.05, 0) is 18.6 Å². The maximum absolute atomic E-state index is 11.0. The molecule has 0 aliphatic heterocycles. The summed E-state index contributed by atoms with van der Waals surface area (Å²) in [6.45, 7) is 3.93. The van der Waals surface area contributed by atoms with Crippen molar-refractivity contribution in [1.82, 2.24) is 9.38 Å². The van der Waals surface area contributed by atoms with E-state index < -0.39 is 5.97 Å². The van der Waals surface area contributed by atoms with E-state index in [4.69, 9.17) is 5.11 Å². The molecule has 0 atom stereocenters. The van der Waals surface area contributed by atoms with Crippen LogP contribution in [0.15, 0.2) is 18.3 Å². The van der Waals surface area contributed by atoms with E-state index in [0.29, 0.717) is 5.52 Å². The quantitative estimate of drug-likeness (QED) is 0.812. The van der Waals surface area contributed by atoms with Crippen LogP contribution in [0.3, 0.4) is 0 Å². The van der Waals surface area contributed by atoms with Gasteiger partial charge in [-0.25, -0.2) is 9.78 Å². The van der Waals surface area contributed by atoms with Crippen molar-refractivity contribution in [2.24, 2.45) is 0 Å². The largest absolute Gasteiger partial charge is 0.476 e. The third kappa shape index (κ3) is 1.48. The molecule has 0 amide bonds. The van der Waals surface area contributed by atoms with Crippen molar-refractivity contribution in [2.45, 2.75) is 20.3 Å². The maximum atomic E-state index is 11.0. The zero-order valence-electron chi connectivity index (χ0n) is 8.69. The van der Waals surface area contributed by atoms with E-state index in [1.54, 1.807) is 6.07 Å². The van der Waals surface area contributed by atoms with Gasteiger partial charge in [-0.2, -0.15) is 0 Å². The van der Waals surface area contributed by atoms with Crippen LogP contribution in [0, 0.1) is 6.92 Å². The smallest absolute Gasteiger partial charge is 0.356 e. The van der Waals surface area contributed by atoms with E-state index in [-0.39, 0.29) is 5.69 Å². The van der Waals surface area contributed by atoms with Gasteiger partial charge < -0.3 is 9.51 Å². The first-order valence-electron chi connectivity index (χ1n) is 4.84. The maximum Gasteiger partial charge on any atom is 0.356 e. The number of pyridine rings is 1. The van der Waals surface area contributed by atoms with Crippen molar-refractivity contribution < 1.29 is 9.90 Å². The van der Waals surface area contributed by atoms with Gasteiger partial charge in [0.2, 0.25) is 0 Å². The molecule has 78 valence electrons. The van der Waals surface area contributed by atoms with Gasteiger partial charge in [0.05, 0.1) is 5.52 Å². The number of hydrogen-bond donors (Lipinski definition) is 1. The molecule has 0 aliphatic rings. The van der Waals surface area contributed by atoms with Gasteiger partial charge in [0, 0.05) is 12.6 Å². The molecule has 2 aromatic heterocycles. The highest BCUT2D eigenvalue weighted by Crippen LogP contribution is 2.15. The number of carboxylic acids is 1. The van der Waals surface area contributed by atoms with Gasteiger partial charge in [-0.1, -0.05) is 13.0 Å². The lowest BCUT2D eigenvalue weighted by atomic mass is 10.2. The first-order valence-corrected chi connectivity index (χ1v) is 4.84. The van der Waals surface area contributed by atoms with E-state index in [1.807, 2.05) is 30.5 Å². The normalized spacial score (nSPS) is 10.8. The van der Waals surface area contributed by atoms with E-state index in [9.17, 15) is 4.79 Å². The number of aromatic nitrogens is 2. The summed E-state index contributed by atoms with van der Waals surface area (Å²) in [5, 5.41) is 8.99. The lowest BCUT2D eigenvalue weighted by Gasteiger charge is -1.99. The van der Waals surface area contributed by atoms with Crippen molar-refractivity contribution in [3.8, 4) is 0 Å². The summed E-state index contributed by atoms with van der Waals surface area (Å²) >= 11 is 0. The van der Waals surface area contributed by atoms with Crippen LogP contribution >= 0.6 is 0 Å². The first-order chi connectivity index (χ1) is 7.13. The standard InChI is InChI=1S/C11H12N2O2/c1-3-9-12-10(11(14)15)8-5-4-7(2)6-13(8)9/h4-6H,3H2,1-2H3,(H,14,15). The summed E-state index contributed by atoms with van der Waals surface area (Å²) in [7, 11) is 0. The van der Waals surface area contributed by atoms with E-state index in [2.05, 4.69) is 4.98 Å². The molecule has 4 nitrogen and oxygen atoms in total. The fraction of sp³-hybridized carbons (Fsp3) is 0.273. The molecule has 1 N–H and O–H groups in total. The molecule has 0 bridgehead atoms. The second-order valence-electron chi connectivity index (χ2n) is 3.50. The SMILES string of the molecule is CCc1nc(C(=O)O)c2ccc(C)cn12. The molecular weight excluding hydrogens is 192 g/mol. The average Bonchev–Trinajstić information content (AvgIpc) is 2.55. The van der Waals surface area contributed by atoms with Crippen LogP contribution in [-0.4, -0.2) is 20.5 Å². The van der Waals surface area contributed by atoms with Crippen LogP contribution in [0.5, 0.6) is 0 Å². The monoisotopic (exact) mass is 204 g/mol. The van der Waals surface area contributed by atoms with Crippen molar-refractivity contribution in [3.05, 3.63) is 35.4 Å². The Morgan fingerprint density at radius 1 is 1.53 bits per heavy atom. The Morgan fingerprint density at radius 3 is 2.87 bits per heavy atom. The predicted molar refractivity (Wildman–Crippen MR) is 56.3 cm³/mol. The molecular formula is C11H12N2O2. The third-order valence-electron chi connectivity index (χ3n) is 2.38. The molecule has 0 radical (unpaired) electrons. The fourth-order valence-electron chi connectivity index (χ4n) is 1.66. The minimum absolute atomic E-state index is 0.131. The first kappa shape index (κ1) is 9.71. The van der Waals surface area contributed by atoms with Gasteiger partial charge >= 0.3 is 5.97 Å². The minimum Gasteiger partial charge on any atom is -0.476 e. The summed E-state index contributed by atoms with van der Waals surface area (Å²) in [5.41, 5.74) is 1.88. The van der Waals surface area contributed by atoms with Crippen LogP contribution in [0.25, 0.3) is 5.52 Å². The number of hydrogen-bond acceptors (Lipinski definition) is 2. The molecule has 0 unspecified atom stereocenters. The average molecular weight is 204 g/mol. The Morgan fingerprint density at radius 2 is 2.27 bits per heavy atom. The number of imidazole rings is 1. The number of aromatic carboxylic acids is 1. The van der Waals surface area contributed by atoms with Crippen molar-refractivity contribution >= 4 is 11.5 Å². The highest BCUT2D eigenvalue weighted by atomic mass is 16.4. The molecule has 2 heterocycles. The van der Waals surface area contributed by atoms with Crippen LogP contribution in [0.4, 0.5) is 0 Å². The molecule has 2 aromatic rings. The van der Waals surface area contributed by atoms with Gasteiger partial charge in [-0.15, -0.1) is 0 Å². The Kier molecular flexibility index (Phi) is 2.19. The number of carbonyl (C=O) groups is 1. The van der Waals surface area contributed by atoms with Crippen LogP contribution in [-0.2, 0) is 6.42 Å². The molecule has 0 saturated carbocycles. The topological polar surface area (TPSA) is 54.6 Å². The number of nitrogens with zero attached hydrogens (tertiary/aromatic N) is 2. The van der Waals surface area contributed by atoms with Gasteiger partial charge in [0.1, 0.15) is 5.82 Å². The van der Waals surface area contributed by atoms with Crippen molar-refractivity contribution in [3.63, 3.8) is 0 Å². The highest BCUT2D eigenvalue weighted by Gasteiger charge is 2.15. The number of aryl methyl sites for hydroxylation is 2. The number of fused-ring (bicyclic) bond motifs is 1. The lowest BCUT2D eigenvalue weighted by Crippen LogP contribution is -1.97. The van der Waals surface area contributed by atoms with Crippen LogP contribution < -0.4 is 0 Å². The van der Waals surface area contributed by atoms with Crippen LogP contribution in [0.1, 0.15) is 28.8 Å². The summed E-state index contributed by atoms with van der Waals surface area (Å²) < 4.78 is 1.85. The Labute approximate surface area is 87.2 Å². The predicted octanol–water partition coefficient (Wildman–Crippen LogP) is 1.90. The third-order valence-corrected chi connectivity index (χ3v) is 2.38. The lowest BCUT2D eigenvalue weighted by molar-refractivity contribution is 0.0693. The molecule has 4 heteroatoms. The fourth-order valence-corrected chi connectivity index (χ4v) is 1.66. The van der Waals surface area contributed by atoms with Gasteiger partial charge in [-0.3, -0.25) is 0 Å². The molecule has 0 fully saturated rings. The minimum atomic E-state index is -0.976. The van der Waals surface area contributed by atoms with E-state index in [1.165, 1.54) is 0 Å². The highest BCUT2D eigenvalue weighted by molar-refractivity contribution is 5.93. The molecule has 0 saturated heterocycles. The van der Waals surface area contributed by atoms with Crippen molar-refractivity contribution in [1.29, 1.82) is 0 Å². The van der Waals surface area contributed by atoms with Gasteiger partial charge in [0.15, 0.2) is 5.69 Å². The van der Waals surface area contributed by atoms with E-state index in [0.717, 1.165) is 17.8 Å². The number of carboxylic acid groups (broad SMARTS) is 1. The second kappa shape index (κ2) is 3.38. The Balaban J connectivity index is 2.81.